The maximum absolute atomic E-state index is 12.8. The predicted octanol–water partition coefficient (Wildman–Crippen LogP) is 3.87. The number of thiophene rings is 1. The topological polar surface area (TPSA) is 53.5 Å². The van der Waals surface area contributed by atoms with Gasteiger partial charge in [-0.1, -0.05) is 18.2 Å². The van der Waals surface area contributed by atoms with Crippen LogP contribution in [0.1, 0.15) is 27.5 Å². The van der Waals surface area contributed by atoms with Crippen molar-refractivity contribution in [3.05, 3.63) is 51.7 Å². The van der Waals surface area contributed by atoms with E-state index in [0.717, 1.165) is 32.9 Å². The zero-order valence-electron chi connectivity index (χ0n) is 15.1. The molecule has 2 amide bonds. The van der Waals surface area contributed by atoms with Crippen molar-refractivity contribution in [3.63, 3.8) is 0 Å². The van der Waals surface area contributed by atoms with Gasteiger partial charge in [0.25, 0.3) is 5.91 Å². The van der Waals surface area contributed by atoms with Gasteiger partial charge in [0.2, 0.25) is 5.91 Å². The molecule has 1 saturated heterocycles. The van der Waals surface area contributed by atoms with Gasteiger partial charge in [-0.15, -0.1) is 22.7 Å². The molecule has 1 aromatic carbocycles. The summed E-state index contributed by atoms with van der Waals surface area (Å²) in [5.41, 5.74) is 0.985. The van der Waals surface area contributed by atoms with Crippen LogP contribution in [0.3, 0.4) is 0 Å². The van der Waals surface area contributed by atoms with Crippen molar-refractivity contribution in [1.29, 1.82) is 0 Å². The molecule has 1 fully saturated rings. The highest BCUT2D eigenvalue weighted by Gasteiger charge is 2.30. The summed E-state index contributed by atoms with van der Waals surface area (Å²) in [6.07, 6.45) is 1.44. The average molecular weight is 400 g/mol. The maximum Gasteiger partial charge on any atom is 0.263 e. The molecule has 2 aromatic heterocycles. The van der Waals surface area contributed by atoms with Crippen molar-refractivity contribution in [2.75, 3.05) is 20.1 Å². The molecule has 1 aliphatic rings. The standard InChI is InChI=1S/C20H21N3O2S2/c1-22(13-18-21-15-5-2-3-6-16(15)27-18)19(24)14-8-10-23(11-9-14)20(25)17-7-4-12-26-17/h2-7,12,14H,8-11,13H2,1H3. The van der Waals surface area contributed by atoms with Crippen LogP contribution in [0.15, 0.2) is 41.8 Å². The van der Waals surface area contributed by atoms with Crippen LogP contribution < -0.4 is 0 Å². The van der Waals surface area contributed by atoms with Gasteiger partial charge in [-0.25, -0.2) is 4.98 Å². The molecule has 0 spiro atoms. The van der Waals surface area contributed by atoms with E-state index in [-0.39, 0.29) is 17.7 Å². The molecule has 5 nitrogen and oxygen atoms in total. The molecule has 0 N–H and O–H groups in total. The number of carbonyl (C=O) groups is 2. The van der Waals surface area contributed by atoms with E-state index in [0.29, 0.717) is 19.6 Å². The lowest BCUT2D eigenvalue weighted by Gasteiger charge is -2.32. The van der Waals surface area contributed by atoms with Crippen LogP contribution in [0, 0.1) is 5.92 Å². The first kappa shape index (κ1) is 18.1. The molecule has 0 bridgehead atoms. The molecule has 7 heteroatoms. The van der Waals surface area contributed by atoms with Gasteiger partial charge in [-0.2, -0.15) is 0 Å². The third-order valence-corrected chi connectivity index (χ3v) is 6.83. The second-order valence-electron chi connectivity index (χ2n) is 6.81. The van der Waals surface area contributed by atoms with E-state index in [4.69, 9.17) is 0 Å². The fraction of sp³-hybridized carbons (Fsp3) is 0.350. The third kappa shape index (κ3) is 3.89. The Morgan fingerprint density at radius 1 is 1.19 bits per heavy atom. The predicted molar refractivity (Wildman–Crippen MR) is 109 cm³/mol. The Hall–Kier alpha value is -2.25. The number of hydrogen-bond donors (Lipinski definition) is 0. The van der Waals surface area contributed by atoms with E-state index in [2.05, 4.69) is 11.1 Å². The molecule has 0 aliphatic carbocycles. The van der Waals surface area contributed by atoms with Crippen LogP contribution in [0.2, 0.25) is 0 Å². The molecule has 4 rings (SSSR count). The lowest BCUT2D eigenvalue weighted by atomic mass is 9.95. The van der Waals surface area contributed by atoms with E-state index >= 15 is 0 Å². The monoisotopic (exact) mass is 399 g/mol. The molecule has 3 heterocycles. The van der Waals surface area contributed by atoms with E-state index < -0.39 is 0 Å². The van der Waals surface area contributed by atoms with Gasteiger partial charge in [-0.3, -0.25) is 9.59 Å². The molecule has 1 aliphatic heterocycles. The summed E-state index contributed by atoms with van der Waals surface area (Å²) in [6, 6.07) is 11.8. The minimum Gasteiger partial charge on any atom is -0.339 e. The van der Waals surface area contributed by atoms with Gasteiger partial charge in [0.15, 0.2) is 0 Å². The maximum atomic E-state index is 12.8. The molecule has 3 aromatic rings. The fourth-order valence-corrected chi connectivity index (χ4v) is 5.18. The number of thiazole rings is 1. The van der Waals surface area contributed by atoms with Gasteiger partial charge < -0.3 is 9.80 Å². The Balaban J connectivity index is 1.33. The minimum absolute atomic E-state index is 0.0169. The Labute approximate surface area is 166 Å². The number of carbonyl (C=O) groups excluding carboxylic acids is 2. The third-order valence-electron chi connectivity index (χ3n) is 4.95. The molecule has 0 saturated carbocycles. The molecule has 0 unspecified atom stereocenters. The number of piperidine rings is 1. The Morgan fingerprint density at radius 3 is 2.67 bits per heavy atom. The summed E-state index contributed by atoms with van der Waals surface area (Å²) in [5, 5.41) is 2.87. The number of rotatable bonds is 4. The van der Waals surface area contributed by atoms with Gasteiger partial charge in [-0.05, 0) is 36.4 Å². The highest BCUT2D eigenvalue weighted by atomic mass is 32.1. The number of aromatic nitrogens is 1. The van der Waals surface area contributed by atoms with Crippen LogP contribution >= 0.6 is 22.7 Å². The lowest BCUT2D eigenvalue weighted by molar-refractivity contribution is -0.136. The van der Waals surface area contributed by atoms with Crippen LogP contribution in [0.4, 0.5) is 0 Å². The molecule has 140 valence electrons. The first-order valence-corrected chi connectivity index (χ1v) is 10.7. The number of para-hydroxylation sites is 1. The first-order chi connectivity index (χ1) is 13.1. The van der Waals surface area contributed by atoms with E-state index in [1.165, 1.54) is 11.3 Å². The van der Waals surface area contributed by atoms with Crippen molar-refractivity contribution < 1.29 is 9.59 Å². The summed E-state index contributed by atoms with van der Waals surface area (Å²) in [6.45, 7) is 1.82. The Morgan fingerprint density at radius 2 is 1.96 bits per heavy atom. The summed E-state index contributed by atoms with van der Waals surface area (Å²) in [5.74, 6) is 0.216. The number of hydrogen-bond acceptors (Lipinski definition) is 5. The van der Waals surface area contributed by atoms with Gasteiger partial charge >= 0.3 is 0 Å². The number of amides is 2. The van der Waals surface area contributed by atoms with Crippen molar-refractivity contribution >= 4 is 44.7 Å². The number of fused-ring (bicyclic) bond motifs is 1. The van der Waals surface area contributed by atoms with E-state index in [1.54, 1.807) is 16.2 Å². The van der Waals surface area contributed by atoms with Gasteiger partial charge in [0.05, 0.1) is 21.6 Å². The molecule has 0 atom stereocenters. The Kier molecular flexibility index (Phi) is 5.22. The molecule has 27 heavy (non-hydrogen) atoms. The number of nitrogens with zero attached hydrogens (tertiary/aromatic N) is 3. The zero-order chi connectivity index (χ0) is 18.8. The zero-order valence-corrected chi connectivity index (χ0v) is 16.8. The molecule has 0 radical (unpaired) electrons. The van der Waals surface area contributed by atoms with Crippen molar-refractivity contribution in [2.45, 2.75) is 19.4 Å². The summed E-state index contributed by atoms with van der Waals surface area (Å²) in [4.78, 5) is 34.3. The highest BCUT2D eigenvalue weighted by molar-refractivity contribution is 7.18. The second kappa shape index (κ2) is 7.78. The quantitative estimate of drug-likeness (QED) is 0.669. The van der Waals surface area contributed by atoms with Gasteiger partial charge in [0, 0.05) is 26.1 Å². The first-order valence-electron chi connectivity index (χ1n) is 9.04. The molecular formula is C20H21N3O2S2. The largest absolute Gasteiger partial charge is 0.339 e. The van der Waals surface area contributed by atoms with E-state index in [9.17, 15) is 9.59 Å². The summed E-state index contributed by atoms with van der Waals surface area (Å²) >= 11 is 3.10. The summed E-state index contributed by atoms with van der Waals surface area (Å²) < 4.78 is 1.15. The molecular weight excluding hydrogens is 378 g/mol. The van der Waals surface area contributed by atoms with E-state index in [1.807, 2.05) is 47.7 Å². The van der Waals surface area contributed by atoms with Crippen LogP contribution in [-0.2, 0) is 11.3 Å². The van der Waals surface area contributed by atoms with Crippen molar-refractivity contribution in [2.24, 2.45) is 5.92 Å². The minimum atomic E-state index is -0.0169. The fourth-order valence-electron chi connectivity index (χ4n) is 3.47. The smallest absolute Gasteiger partial charge is 0.263 e. The normalized spacial score (nSPS) is 15.2. The van der Waals surface area contributed by atoms with Crippen LogP contribution in [-0.4, -0.2) is 46.7 Å². The van der Waals surface area contributed by atoms with Crippen molar-refractivity contribution in [3.8, 4) is 0 Å². The Bertz CT molecular complexity index is 910. The van der Waals surface area contributed by atoms with Gasteiger partial charge in [0.1, 0.15) is 5.01 Å². The van der Waals surface area contributed by atoms with Crippen LogP contribution in [0.25, 0.3) is 10.2 Å². The lowest BCUT2D eigenvalue weighted by Crippen LogP contribution is -2.43. The number of likely N-dealkylation sites (tertiary alicyclic amines) is 1. The van der Waals surface area contributed by atoms with Crippen molar-refractivity contribution in [1.82, 2.24) is 14.8 Å². The summed E-state index contributed by atoms with van der Waals surface area (Å²) in [7, 11) is 1.84. The SMILES string of the molecule is CN(Cc1nc2ccccc2s1)C(=O)C1CCN(C(=O)c2cccs2)CC1. The highest BCUT2D eigenvalue weighted by Crippen LogP contribution is 2.25. The average Bonchev–Trinajstić information content (AvgIpc) is 3.36. The number of benzene rings is 1. The second-order valence-corrected chi connectivity index (χ2v) is 8.88. The van der Waals surface area contributed by atoms with Crippen LogP contribution in [0.5, 0.6) is 0 Å².